The number of carboxylic acid groups (broad SMARTS) is 1. The highest BCUT2D eigenvalue weighted by molar-refractivity contribution is 5.89. The lowest BCUT2D eigenvalue weighted by molar-refractivity contribution is -0.144. The zero-order valence-corrected chi connectivity index (χ0v) is 29.1. The van der Waals surface area contributed by atoms with Crippen LogP contribution in [-0.4, -0.2) is 82.1 Å². The molecule has 3 aromatic rings. The van der Waals surface area contributed by atoms with Crippen LogP contribution in [0.25, 0.3) is 11.3 Å². The molecule has 1 aliphatic carbocycles. The number of nitrogens with zero attached hydrogens (tertiary/aromatic N) is 4. The minimum Gasteiger partial charge on any atom is -0.497 e. The smallest absolute Gasteiger partial charge is 0.321 e. The summed E-state index contributed by atoms with van der Waals surface area (Å²) in [6.45, 7) is 1.17. The van der Waals surface area contributed by atoms with Crippen LogP contribution in [0.4, 0.5) is 4.79 Å². The summed E-state index contributed by atoms with van der Waals surface area (Å²) >= 11 is 0. The van der Waals surface area contributed by atoms with Crippen molar-refractivity contribution in [3.63, 3.8) is 0 Å². The average molecular weight is 685 g/mol. The molecular weight excluding hydrogens is 636 g/mol. The molecule has 3 fully saturated rings. The topological polar surface area (TPSA) is 131 Å². The summed E-state index contributed by atoms with van der Waals surface area (Å²) in [6, 6.07) is 18.4. The van der Waals surface area contributed by atoms with Crippen LogP contribution in [0, 0.1) is 11.3 Å². The first-order valence-electron chi connectivity index (χ1n) is 17.9. The summed E-state index contributed by atoms with van der Waals surface area (Å²) in [5.74, 6) is 0.408. The maximum absolute atomic E-state index is 14.5. The second-order valence-electron chi connectivity index (χ2n) is 13.9. The monoisotopic (exact) mass is 684 g/mol. The van der Waals surface area contributed by atoms with Gasteiger partial charge in [0.15, 0.2) is 5.78 Å². The van der Waals surface area contributed by atoms with Crippen molar-refractivity contribution in [1.29, 1.82) is 0 Å². The molecule has 3 aliphatic rings. The van der Waals surface area contributed by atoms with Crippen molar-refractivity contribution >= 4 is 17.8 Å². The number of hydrogen-bond donors (Lipinski definition) is 1. The number of fused-ring (bicyclic) bond motifs is 2. The van der Waals surface area contributed by atoms with Crippen LogP contribution < -0.4 is 14.2 Å². The predicted molar refractivity (Wildman–Crippen MR) is 187 cm³/mol. The van der Waals surface area contributed by atoms with Gasteiger partial charge in [0.1, 0.15) is 11.9 Å². The van der Waals surface area contributed by atoms with Crippen LogP contribution in [0.5, 0.6) is 17.6 Å². The third kappa shape index (κ3) is 8.20. The van der Waals surface area contributed by atoms with Gasteiger partial charge in [0.25, 0.3) is 0 Å². The molecule has 1 N–H and O–H groups in total. The Morgan fingerprint density at radius 2 is 1.70 bits per heavy atom. The van der Waals surface area contributed by atoms with E-state index in [4.69, 9.17) is 14.2 Å². The molecule has 2 aliphatic heterocycles. The van der Waals surface area contributed by atoms with Crippen molar-refractivity contribution in [2.75, 3.05) is 27.3 Å². The molecule has 0 radical (unpaired) electrons. The van der Waals surface area contributed by atoms with E-state index < -0.39 is 23.5 Å². The number of urea groups is 1. The highest BCUT2D eigenvalue weighted by Gasteiger charge is 2.58. The molecular formula is C39H48N4O7. The summed E-state index contributed by atoms with van der Waals surface area (Å²) in [6.07, 6.45) is 7.46. The number of benzene rings is 2. The number of amides is 2. The van der Waals surface area contributed by atoms with E-state index in [9.17, 15) is 19.5 Å². The van der Waals surface area contributed by atoms with Crippen molar-refractivity contribution in [3.8, 4) is 28.9 Å². The van der Waals surface area contributed by atoms with Crippen molar-refractivity contribution in [2.45, 2.75) is 89.3 Å². The Bertz CT molecular complexity index is 1640. The summed E-state index contributed by atoms with van der Waals surface area (Å²) in [5, 5.41) is 10.1. The fourth-order valence-electron chi connectivity index (χ4n) is 7.66. The first kappa shape index (κ1) is 35.2. The molecule has 0 unspecified atom stereocenters. The molecule has 6 rings (SSSR count). The van der Waals surface area contributed by atoms with Crippen molar-refractivity contribution in [3.05, 3.63) is 66.2 Å². The number of hydrogen-bond acceptors (Lipinski definition) is 8. The molecule has 11 nitrogen and oxygen atoms in total. The quantitative estimate of drug-likeness (QED) is 0.273. The summed E-state index contributed by atoms with van der Waals surface area (Å²) in [4.78, 5) is 53.2. The van der Waals surface area contributed by atoms with E-state index in [0.717, 1.165) is 55.4 Å². The zero-order chi connectivity index (χ0) is 35.1. The van der Waals surface area contributed by atoms with Crippen molar-refractivity contribution in [2.24, 2.45) is 11.3 Å². The van der Waals surface area contributed by atoms with E-state index in [1.165, 1.54) is 7.11 Å². The van der Waals surface area contributed by atoms with E-state index in [1.807, 2.05) is 59.5 Å². The molecule has 1 aromatic heterocycles. The third-order valence-electron chi connectivity index (χ3n) is 10.6. The summed E-state index contributed by atoms with van der Waals surface area (Å²) < 4.78 is 17.1. The van der Waals surface area contributed by atoms with Crippen LogP contribution in [-0.2, 0) is 16.1 Å². The SMILES string of the molecule is COc1ccc(CN2CCCCCCC[C@@H]3C[C@@]3(C(=O)O)CCCC(=O)[C@@H]3C[C@@H](Oc4cc(-c5ccccc5)nc(OC)n4)CN3C2=O)cc1. The molecule has 0 spiro atoms. The van der Waals surface area contributed by atoms with Gasteiger partial charge in [-0.15, -0.1) is 0 Å². The molecule has 3 heterocycles. The number of carbonyl (C=O) groups excluding carboxylic acids is 2. The number of Topliss-reactive ketones (excluding diaryl/α,β-unsaturated/α-hetero) is 1. The summed E-state index contributed by atoms with van der Waals surface area (Å²) in [7, 11) is 3.12. The average Bonchev–Trinajstić information content (AvgIpc) is 3.69. The Kier molecular flexibility index (Phi) is 11.2. The van der Waals surface area contributed by atoms with Gasteiger partial charge in [-0.05, 0) is 55.7 Å². The highest BCUT2D eigenvalue weighted by Crippen LogP contribution is 2.58. The standard InChI is InChI=1S/C39H48N4O7/c1-48-30-18-16-27(17-19-30)25-42-21-10-5-3-4-9-14-29-24-39(29,36(45)46)20-11-15-34(44)33-22-31(26-43(33)38(42)47)50-35-23-32(40-37(41-35)49-2)28-12-7-6-8-13-28/h6-8,12-13,16-19,23,29,31,33H,3-5,9-11,14-15,20-22,24-26H2,1-2H3,(H,45,46)/t29-,31-,33+,39+/m1/s1. The molecule has 1 saturated carbocycles. The molecule has 50 heavy (non-hydrogen) atoms. The Morgan fingerprint density at radius 3 is 2.44 bits per heavy atom. The van der Waals surface area contributed by atoms with Crippen LogP contribution >= 0.6 is 0 Å². The summed E-state index contributed by atoms with van der Waals surface area (Å²) in [5.41, 5.74) is 1.76. The second kappa shape index (κ2) is 15.9. The number of methoxy groups -OCH3 is 2. The maximum atomic E-state index is 14.5. The lowest BCUT2D eigenvalue weighted by atomic mass is 9.92. The van der Waals surface area contributed by atoms with Crippen LogP contribution in [0.15, 0.2) is 60.7 Å². The number of carboxylic acids is 1. The van der Waals surface area contributed by atoms with Crippen LogP contribution in [0.1, 0.15) is 76.2 Å². The van der Waals surface area contributed by atoms with E-state index in [1.54, 1.807) is 18.1 Å². The van der Waals surface area contributed by atoms with E-state index in [2.05, 4.69) is 9.97 Å². The predicted octanol–water partition coefficient (Wildman–Crippen LogP) is 6.79. The van der Waals surface area contributed by atoms with Gasteiger partial charge in [-0.1, -0.05) is 68.1 Å². The minimum atomic E-state index is -0.747. The Labute approximate surface area is 294 Å². The number of carbonyl (C=O) groups is 3. The van der Waals surface area contributed by atoms with Crippen LogP contribution in [0.3, 0.4) is 0 Å². The van der Waals surface area contributed by atoms with Gasteiger partial charge in [0, 0.05) is 37.6 Å². The molecule has 2 saturated heterocycles. The lowest BCUT2D eigenvalue weighted by Gasteiger charge is -2.31. The normalized spacial score (nSPS) is 24.9. The Hall–Kier alpha value is -4.67. The molecule has 4 atom stereocenters. The van der Waals surface area contributed by atoms with Gasteiger partial charge < -0.3 is 29.1 Å². The van der Waals surface area contributed by atoms with Crippen LogP contribution in [0.2, 0.25) is 0 Å². The molecule has 2 amide bonds. The number of ketones is 1. The first-order valence-corrected chi connectivity index (χ1v) is 17.9. The molecule has 266 valence electrons. The fraction of sp³-hybridized carbons (Fsp3) is 0.513. The highest BCUT2D eigenvalue weighted by atomic mass is 16.5. The number of aromatic nitrogens is 2. The third-order valence-corrected chi connectivity index (χ3v) is 10.6. The van der Waals surface area contributed by atoms with E-state index >= 15 is 0 Å². The lowest BCUT2D eigenvalue weighted by Crippen LogP contribution is -2.48. The van der Waals surface area contributed by atoms with Gasteiger partial charge in [0.05, 0.1) is 37.9 Å². The van der Waals surface area contributed by atoms with Gasteiger partial charge in [-0.25, -0.2) is 4.79 Å². The Morgan fingerprint density at radius 1 is 0.940 bits per heavy atom. The maximum Gasteiger partial charge on any atom is 0.321 e. The molecule has 0 bridgehead atoms. The van der Waals surface area contributed by atoms with Gasteiger partial charge in [-0.3, -0.25) is 9.59 Å². The number of rotatable bonds is 8. The van der Waals surface area contributed by atoms with Gasteiger partial charge in [-0.2, -0.15) is 9.97 Å². The number of aliphatic carboxylic acids is 1. The molecule has 2 aromatic carbocycles. The largest absolute Gasteiger partial charge is 0.497 e. The van der Waals surface area contributed by atoms with Crippen molar-refractivity contribution < 1.29 is 33.7 Å². The van der Waals surface area contributed by atoms with E-state index in [0.29, 0.717) is 50.3 Å². The zero-order valence-electron chi connectivity index (χ0n) is 29.1. The van der Waals surface area contributed by atoms with Gasteiger partial charge >= 0.3 is 18.0 Å². The molecule has 11 heteroatoms. The first-order chi connectivity index (χ1) is 24.3. The van der Waals surface area contributed by atoms with E-state index in [-0.39, 0.29) is 36.7 Å². The fourth-order valence-corrected chi connectivity index (χ4v) is 7.66. The van der Waals surface area contributed by atoms with Gasteiger partial charge in [0.2, 0.25) is 5.88 Å². The minimum absolute atomic E-state index is 0.0684. The number of ether oxygens (including phenoxy) is 3. The Balaban J connectivity index is 1.25. The second-order valence-corrected chi connectivity index (χ2v) is 13.9. The van der Waals surface area contributed by atoms with Crippen molar-refractivity contribution in [1.82, 2.24) is 19.8 Å².